The Morgan fingerprint density at radius 1 is 0.958 bits per heavy atom. The first-order valence-electron chi connectivity index (χ1n) is 7.53. The average molecular weight is 329 g/mol. The summed E-state index contributed by atoms with van der Waals surface area (Å²) in [5, 5.41) is 0. The third kappa shape index (κ3) is 3.08. The van der Waals surface area contributed by atoms with Gasteiger partial charge in [0, 0.05) is 30.4 Å². The predicted octanol–water partition coefficient (Wildman–Crippen LogP) is 2.75. The highest BCUT2D eigenvalue weighted by Crippen LogP contribution is 2.34. The Bertz CT molecular complexity index is 737. The first-order valence-corrected chi connectivity index (χ1v) is 7.53. The summed E-state index contributed by atoms with van der Waals surface area (Å²) >= 11 is 0. The van der Waals surface area contributed by atoms with E-state index in [0.29, 0.717) is 47.5 Å². The van der Waals surface area contributed by atoms with E-state index in [0.717, 1.165) is 0 Å². The second-order valence-electron chi connectivity index (χ2n) is 5.29. The third-order valence-corrected chi connectivity index (χ3v) is 3.82. The van der Waals surface area contributed by atoms with Gasteiger partial charge in [-0.15, -0.1) is 0 Å². The van der Waals surface area contributed by atoms with Crippen LogP contribution < -0.4 is 23.8 Å². The zero-order valence-corrected chi connectivity index (χ0v) is 13.9. The number of methoxy groups -OCH3 is 2. The van der Waals surface area contributed by atoms with Crippen molar-refractivity contribution >= 4 is 11.6 Å². The highest BCUT2D eigenvalue weighted by Gasteiger charge is 2.19. The van der Waals surface area contributed by atoms with Crippen molar-refractivity contribution in [2.75, 3.05) is 39.4 Å². The van der Waals surface area contributed by atoms with Crippen LogP contribution in [-0.2, 0) is 0 Å². The summed E-state index contributed by atoms with van der Waals surface area (Å²) in [6, 6.07) is 10.5. The van der Waals surface area contributed by atoms with Crippen LogP contribution in [0.15, 0.2) is 36.4 Å². The summed E-state index contributed by atoms with van der Waals surface area (Å²) in [5.74, 6) is 2.28. The standard InChI is InChI=1S/C18H19NO5/c1-19(13-4-5-16-17(10-13)24-7-6-23-16)18(20)12-8-14(21-2)11-15(9-12)22-3/h4-5,8-11H,6-7H2,1-3H3. The van der Waals surface area contributed by atoms with Crippen molar-refractivity contribution in [3.63, 3.8) is 0 Å². The molecular weight excluding hydrogens is 310 g/mol. The molecule has 0 saturated carbocycles. The van der Waals surface area contributed by atoms with E-state index in [9.17, 15) is 4.79 Å². The summed E-state index contributed by atoms with van der Waals surface area (Å²) in [5.41, 5.74) is 1.19. The Balaban J connectivity index is 1.89. The van der Waals surface area contributed by atoms with Crippen LogP contribution in [-0.4, -0.2) is 40.4 Å². The van der Waals surface area contributed by atoms with Gasteiger partial charge in [0.1, 0.15) is 24.7 Å². The van der Waals surface area contributed by atoms with Crippen molar-refractivity contribution in [2.45, 2.75) is 0 Å². The van der Waals surface area contributed by atoms with Crippen molar-refractivity contribution in [3.8, 4) is 23.0 Å². The average Bonchev–Trinajstić information content (AvgIpc) is 2.65. The van der Waals surface area contributed by atoms with Crippen molar-refractivity contribution in [1.82, 2.24) is 0 Å². The van der Waals surface area contributed by atoms with E-state index in [4.69, 9.17) is 18.9 Å². The molecule has 2 aromatic carbocycles. The molecule has 126 valence electrons. The number of benzene rings is 2. The summed E-state index contributed by atoms with van der Waals surface area (Å²) in [6.45, 7) is 1.03. The minimum Gasteiger partial charge on any atom is -0.497 e. The Morgan fingerprint density at radius 2 is 1.58 bits per heavy atom. The summed E-state index contributed by atoms with van der Waals surface area (Å²) in [6.07, 6.45) is 0. The van der Waals surface area contributed by atoms with Gasteiger partial charge in [0.05, 0.1) is 14.2 Å². The largest absolute Gasteiger partial charge is 0.497 e. The minimum atomic E-state index is -0.177. The predicted molar refractivity (Wildman–Crippen MR) is 89.7 cm³/mol. The van der Waals surface area contributed by atoms with Crippen molar-refractivity contribution in [2.24, 2.45) is 0 Å². The van der Waals surface area contributed by atoms with Crippen LogP contribution >= 0.6 is 0 Å². The van der Waals surface area contributed by atoms with Crippen LogP contribution in [0.3, 0.4) is 0 Å². The van der Waals surface area contributed by atoms with Crippen LogP contribution in [0.4, 0.5) is 5.69 Å². The number of carbonyl (C=O) groups is 1. The molecule has 0 radical (unpaired) electrons. The first kappa shape index (κ1) is 16.0. The molecule has 1 amide bonds. The molecule has 0 N–H and O–H groups in total. The van der Waals surface area contributed by atoms with Gasteiger partial charge < -0.3 is 23.8 Å². The van der Waals surface area contributed by atoms with E-state index in [-0.39, 0.29) is 5.91 Å². The van der Waals surface area contributed by atoms with Gasteiger partial charge in [-0.2, -0.15) is 0 Å². The fourth-order valence-corrected chi connectivity index (χ4v) is 2.48. The van der Waals surface area contributed by atoms with E-state index >= 15 is 0 Å². The lowest BCUT2D eigenvalue weighted by atomic mass is 10.1. The molecule has 1 heterocycles. The van der Waals surface area contributed by atoms with Gasteiger partial charge in [-0.1, -0.05) is 0 Å². The lowest BCUT2D eigenvalue weighted by molar-refractivity contribution is 0.0992. The lowest BCUT2D eigenvalue weighted by Gasteiger charge is -2.22. The zero-order valence-electron chi connectivity index (χ0n) is 13.9. The summed E-state index contributed by atoms with van der Waals surface area (Å²) in [4.78, 5) is 14.3. The third-order valence-electron chi connectivity index (χ3n) is 3.82. The second-order valence-corrected chi connectivity index (χ2v) is 5.29. The second kappa shape index (κ2) is 6.70. The molecular formula is C18H19NO5. The van der Waals surface area contributed by atoms with E-state index in [1.807, 2.05) is 6.07 Å². The molecule has 1 aliphatic rings. The maximum absolute atomic E-state index is 12.8. The number of carbonyl (C=O) groups excluding carboxylic acids is 1. The van der Waals surface area contributed by atoms with Gasteiger partial charge in [0.15, 0.2) is 11.5 Å². The van der Waals surface area contributed by atoms with Gasteiger partial charge in [0.2, 0.25) is 0 Å². The molecule has 0 spiro atoms. The van der Waals surface area contributed by atoms with Gasteiger partial charge in [0.25, 0.3) is 5.91 Å². The van der Waals surface area contributed by atoms with Crippen LogP contribution in [0.1, 0.15) is 10.4 Å². The van der Waals surface area contributed by atoms with Gasteiger partial charge in [-0.25, -0.2) is 0 Å². The van der Waals surface area contributed by atoms with E-state index < -0.39 is 0 Å². The smallest absolute Gasteiger partial charge is 0.258 e. The maximum Gasteiger partial charge on any atom is 0.258 e. The van der Waals surface area contributed by atoms with Gasteiger partial charge in [-0.3, -0.25) is 4.79 Å². The Kier molecular flexibility index (Phi) is 4.46. The number of anilines is 1. The molecule has 24 heavy (non-hydrogen) atoms. The highest BCUT2D eigenvalue weighted by atomic mass is 16.6. The molecule has 1 aliphatic heterocycles. The monoisotopic (exact) mass is 329 g/mol. The van der Waals surface area contributed by atoms with Crippen molar-refractivity contribution in [1.29, 1.82) is 0 Å². The number of hydrogen-bond donors (Lipinski definition) is 0. The van der Waals surface area contributed by atoms with Crippen LogP contribution in [0.5, 0.6) is 23.0 Å². The van der Waals surface area contributed by atoms with Gasteiger partial charge in [-0.05, 0) is 24.3 Å². The normalized spacial score (nSPS) is 12.5. The number of ether oxygens (including phenoxy) is 4. The number of fused-ring (bicyclic) bond motifs is 1. The molecule has 0 bridgehead atoms. The summed E-state index contributed by atoms with van der Waals surface area (Å²) < 4.78 is 21.5. The minimum absolute atomic E-state index is 0.177. The molecule has 0 aromatic heterocycles. The number of amides is 1. The molecule has 0 aliphatic carbocycles. The van der Waals surface area contributed by atoms with Crippen molar-refractivity contribution < 1.29 is 23.7 Å². The zero-order chi connectivity index (χ0) is 17.1. The van der Waals surface area contributed by atoms with Gasteiger partial charge >= 0.3 is 0 Å². The van der Waals surface area contributed by atoms with E-state index in [1.165, 1.54) is 0 Å². The lowest BCUT2D eigenvalue weighted by Crippen LogP contribution is -2.26. The number of hydrogen-bond acceptors (Lipinski definition) is 5. The quantitative estimate of drug-likeness (QED) is 0.863. The van der Waals surface area contributed by atoms with E-state index in [2.05, 4.69) is 0 Å². The molecule has 6 heteroatoms. The van der Waals surface area contributed by atoms with Crippen LogP contribution in [0.2, 0.25) is 0 Å². The number of rotatable bonds is 4. The van der Waals surface area contributed by atoms with E-state index in [1.54, 1.807) is 56.5 Å². The van der Waals surface area contributed by atoms with Crippen LogP contribution in [0.25, 0.3) is 0 Å². The Hall–Kier alpha value is -2.89. The summed E-state index contributed by atoms with van der Waals surface area (Å²) in [7, 11) is 4.81. The van der Waals surface area contributed by atoms with Crippen molar-refractivity contribution in [3.05, 3.63) is 42.0 Å². The Morgan fingerprint density at radius 3 is 2.21 bits per heavy atom. The van der Waals surface area contributed by atoms with Crippen LogP contribution in [0, 0.1) is 0 Å². The Labute approximate surface area is 140 Å². The molecule has 0 unspecified atom stereocenters. The molecule has 0 saturated heterocycles. The molecule has 3 rings (SSSR count). The molecule has 0 fully saturated rings. The fraction of sp³-hybridized carbons (Fsp3) is 0.278. The topological polar surface area (TPSA) is 57.2 Å². The first-order chi connectivity index (χ1) is 11.6. The maximum atomic E-state index is 12.8. The molecule has 6 nitrogen and oxygen atoms in total. The molecule has 2 aromatic rings. The fourth-order valence-electron chi connectivity index (χ4n) is 2.48. The number of nitrogens with zero attached hydrogens (tertiary/aromatic N) is 1. The SMILES string of the molecule is COc1cc(OC)cc(C(=O)N(C)c2ccc3c(c2)OCCO3)c1. The molecule has 0 atom stereocenters. The highest BCUT2D eigenvalue weighted by molar-refractivity contribution is 6.06.